The SMILES string of the molecule is CCCC1CCC(c2ccc(C=Cc3ccc(-c4ccc(CC)c(F)c4)cc3)c(F)c2F)CC1. The van der Waals surface area contributed by atoms with Gasteiger partial charge in [-0.1, -0.05) is 87.4 Å². The van der Waals surface area contributed by atoms with E-state index in [-0.39, 0.29) is 17.3 Å². The summed E-state index contributed by atoms with van der Waals surface area (Å²) < 4.78 is 43.9. The second-order valence-corrected chi connectivity index (χ2v) is 9.49. The van der Waals surface area contributed by atoms with Crippen LogP contribution in [0.3, 0.4) is 0 Å². The van der Waals surface area contributed by atoms with E-state index in [0.717, 1.165) is 48.3 Å². The van der Waals surface area contributed by atoms with E-state index in [4.69, 9.17) is 0 Å². The molecule has 0 radical (unpaired) electrons. The normalized spacial score (nSPS) is 18.5. The third-order valence-electron chi connectivity index (χ3n) is 7.26. The number of hydrogen-bond donors (Lipinski definition) is 0. The molecule has 1 fully saturated rings. The van der Waals surface area contributed by atoms with E-state index in [1.807, 2.05) is 43.3 Å². The molecule has 0 amide bonds. The van der Waals surface area contributed by atoms with Gasteiger partial charge in [-0.05, 0) is 77.8 Å². The van der Waals surface area contributed by atoms with Gasteiger partial charge in [0, 0.05) is 5.56 Å². The Labute approximate surface area is 201 Å². The van der Waals surface area contributed by atoms with Crippen LogP contribution in [0.25, 0.3) is 23.3 Å². The van der Waals surface area contributed by atoms with E-state index in [9.17, 15) is 13.2 Å². The average Bonchev–Trinajstić information content (AvgIpc) is 2.86. The molecule has 0 N–H and O–H groups in total. The molecule has 3 aromatic rings. The summed E-state index contributed by atoms with van der Waals surface area (Å²) in [6, 6.07) is 16.4. The highest BCUT2D eigenvalue weighted by Crippen LogP contribution is 2.39. The maximum absolute atomic E-state index is 14.9. The molecule has 34 heavy (non-hydrogen) atoms. The molecule has 1 aliphatic carbocycles. The van der Waals surface area contributed by atoms with E-state index < -0.39 is 11.6 Å². The number of halogens is 3. The van der Waals surface area contributed by atoms with E-state index >= 15 is 0 Å². The third-order valence-corrected chi connectivity index (χ3v) is 7.26. The van der Waals surface area contributed by atoms with Gasteiger partial charge in [-0.15, -0.1) is 0 Å². The first-order valence-electron chi connectivity index (χ1n) is 12.5. The molecule has 0 atom stereocenters. The Balaban J connectivity index is 1.45. The van der Waals surface area contributed by atoms with Crippen LogP contribution in [-0.2, 0) is 6.42 Å². The van der Waals surface area contributed by atoms with Crippen molar-refractivity contribution in [3.8, 4) is 11.1 Å². The van der Waals surface area contributed by atoms with Gasteiger partial charge in [0.25, 0.3) is 0 Å². The maximum atomic E-state index is 14.9. The minimum atomic E-state index is -0.771. The van der Waals surface area contributed by atoms with Gasteiger partial charge in [0.15, 0.2) is 11.6 Å². The largest absolute Gasteiger partial charge is 0.207 e. The molecule has 0 heterocycles. The molecule has 1 aliphatic rings. The van der Waals surface area contributed by atoms with Crippen molar-refractivity contribution in [1.29, 1.82) is 0 Å². The van der Waals surface area contributed by atoms with Crippen LogP contribution in [0.1, 0.15) is 80.5 Å². The van der Waals surface area contributed by atoms with Gasteiger partial charge in [-0.2, -0.15) is 0 Å². The van der Waals surface area contributed by atoms with Gasteiger partial charge in [-0.25, -0.2) is 13.2 Å². The Morgan fingerprint density at radius 2 is 1.47 bits per heavy atom. The van der Waals surface area contributed by atoms with Crippen molar-refractivity contribution in [1.82, 2.24) is 0 Å². The molecule has 1 saturated carbocycles. The van der Waals surface area contributed by atoms with Gasteiger partial charge in [0.2, 0.25) is 0 Å². The molecule has 0 nitrogen and oxygen atoms in total. The monoisotopic (exact) mass is 462 g/mol. The second-order valence-electron chi connectivity index (χ2n) is 9.49. The van der Waals surface area contributed by atoms with Crippen LogP contribution < -0.4 is 0 Å². The zero-order valence-corrected chi connectivity index (χ0v) is 20.1. The third kappa shape index (κ3) is 5.46. The van der Waals surface area contributed by atoms with E-state index in [1.165, 1.54) is 12.8 Å². The molecule has 4 rings (SSSR count). The van der Waals surface area contributed by atoms with Gasteiger partial charge >= 0.3 is 0 Å². The lowest BCUT2D eigenvalue weighted by Gasteiger charge is -2.29. The highest BCUT2D eigenvalue weighted by molar-refractivity contribution is 5.72. The van der Waals surface area contributed by atoms with Crippen molar-refractivity contribution in [2.75, 3.05) is 0 Å². The van der Waals surface area contributed by atoms with Crippen LogP contribution in [0.4, 0.5) is 13.2 Å². The smallest absolute Gasteiger partial charge is 0.166 e. The van der Waals surface area contributed by atoms with Gasteiger partial charge < -0.3 is 0 Å². The molecule has 0 unspecified atom stereocenters. The summed E-state index contributed by atoms with van der Waals surface area (Å²) in [5, 5.41) is 0. The Morgan fingerprint density at radius 1 is 0.765 bits per heavy atom. The lowest BCUT2D eigenvalue weighted by atomic mass is 9.77. The van der Waals surface area contributed by atoms with E-state index in [1.54, 1.807) is 30.4 Å². The fourth-order valence-electron chi connectivity index (χ4n) is 5.18. The van der Waals surface area contributed by atoms with Crippen molar-refractivity contribution in [2.24, 2.45) is 5.92 Å². The first-order valence-corrected chi connectivity index (χ1v) is 12.5. The Morgan fingerprint density at radius 3 is 2.12 bits per heavy atom. The zero-order chi connectivity index (χ0) is 24.1. The quantitative estimate of drug-likeness (QED) is 0.307. The van der Waals surface area contributed by atoms with Crippen molar-refractivity contribution in [3.05, 3.63) is 94.3 Å². The van der Waals surface area contributed by atoms with Gasteiger partial charge in [-0.3, -0.25) is 0 Å². The van der Waals surface area contributed by atoms with Crippen LogP contribution in [0, 0.1) is 23.4 Å². The number of hydrogen-bond acceptors (Lipinski definition) is 0. The lowest BCUT2D eigenvalue weighted by molar-refractivity contribution is 0.303. The summed E-state index contributed by atoms with van der Waals surface area (Å²) in [6.07, 6.45) is 10.6. The molecular weight excluding hydrogens is 429 g/mol. The molecule has 0 bridgehead atoms. The molecule has 0 spiro atoms. The number of aryl methyl sites for hydroxylation is 1. The summed E-state index contributed by atoms with van der Waals surface area (Å²) in [6.45, 7) is 4.13. The lowest BCUT2D eigenvalue weighted by Crippen LogP contribution is -2.15. The fraction of sp³-hybridized carbons (Fsp3) is 0.355. The summed E-state index contributed by atoms with van der Waals surface area (Å²) >= 11 is 0. The average molecular weight is 463 g/mol. The first-order chi connectivity index (χ1) is 16.5. The molecule has 3 aromatic carbocycles. The summed E-state index contributed by atoms with van der Waals surface area (Å²) in [4.78, 5) is 0. The van der Waals surface area contributed by atoms with Crippen LogP contribution in [0.2, 0.25) is 0 Å². The molecule has 0 aliphatic heterocycles. The topological polar surface area (TPSA) is 0 Å². The second kappa shape index (κ2) is 11.1. The first kappa shape index (κ1) is 24.3. The minimum Gasteiger partial charge on any atom is -0.207 e. The van der Waals surface area contributed by atoms with Gasteiger partial charge in [0.05, 0.1) is 0 Å². The highest BCUT2D eigenvalue weighted by Gasteiger charge is 2.25. The highest BCUT2D eigenvalue weighted by atomic mass is 19.2. The van der Waals surface area contributed by atoms with Crippen LogP contribution in [-0.4, -0.2) is 0 Å². The molecule has 178 valence electrons. The standard InChI is InChI=1S/C31H33F3/c1-3-5-21-8-13-25(14-9-21)28-19-18-26(30(33)31(28)34)15-10-22-6-11-24(12-7-22)27-17-16-23(4-2)29(32)20-27/h6-7,10-12,15-21,25H,3-5,8-9,13-14H2,1-2H3. The van der Waals surface area contributed by atoms with Crippen molar-refractivity contribution in [3.63, 3.8) is 0 Å². The summed E-state index contributed by atoms with van der Waals surface area (Å²) in [5.41, 5.74) is 4.07. The van der Waals surface area contributed by atoms with Crippen LogP contribution >= 0.6 is 0 Å². The van der Waals surface area contributed by atoms with Crippen LogP contribution in [0.5, 0.6) is 0 Å². The predicted molar refractivity (Wildman–Crippen MR) is 136 cm³/mol. The summed E-state index contributed by atoms with van der Waals surface area (Å²) in [7, 11) is 0. The Hall–Kier alpha value is -2.81. The van der Waals surface area contributed by atoms with Crippen molar-refractivity contribution in [2.45, 2.75) is 64.7 Å². The van der Waals surface area contributed by atoms with E-state index in [2.05, 4.69) is 6.92 Å². The van der Waals surface area contributed by atoms with Gasteiger partial charge in [0.1, 0.15) is 5.82 Å². The van der Waals surface area contributed by atoms with Crippen LogP contribution in [0.15, 0.2) is 54.6 Å². The fourth-order valence-corrected chi connectivity index (χ4v) is 5.18. The predicted octanol–water partition coefficient (Wildman–Crippen LogP) is 9.58. The molecule has 0 saturated heterocycles. The molecule has 0 aromatic heterocycles. The van der Waals surface area contributed by atoms with Crippen molar-refractivity contribution >= 4 is 12.2 Å². The Kier molecular flexibility index (Phi) is 7.92. The zero-order valence-electron chi connectivity index (χ0n) is 20.1. The number of benzene rings is 3. The van der Waals surface area contributed by atoms with E-state index in [0.29, 0.717) is 17.5 Å². The Bertz CT molecular complexity index is 1140. The minimum absolute atomic E-state index is 0.115. The molecule has 3 heteroatoms. The van der Waals surface area contributed by atoms with Crippen molar-refractivity contribution < 1.29 is 13.2 Å². The number of rotatable bonds is 7. The molecular formula is C31H33F3. The summed E-state index contributed by atoms with van der Waals surface area (Å²) in [5.74, 6) is -0.817. The maximum Gasteiger partial charge on any atom is 0.166 e.